The zero-order chi connectivity index (χ0) is 12.6. The molecule has 1 heterocycles. The Kier molecular flexibility index (Phi) is 3.16. The largest absolute Gasteiger partial charge is 0.329 e. The van der Waals surface area contributed by atoms with Gasteiger partial charge in [-0.05, 0) is 29.9 Å². The van der Waals surface area contributed by atoms with Crippen LogP contribution in [0.2, 0.25) is 0 Å². The van der Waals surface area contributed by atoms with Crippen LogP contribution < -0.4 is 5.73 Å². The average molecular weight is 244 g/mol. The maximum Gasteiger partial charge on any atom is 0.0364 e. The highest BCUT2D eigenvalue weighted by atomic mass is 15.2. The van der Waals surface area contributed by atoms with E-state index < -0.39 is 0 Å². The highest BCUT2D eigenvalue weighted by Crippen LogP contribution is 2.41. The van der Waals surface area contributed by atoms with E-state index >= 15 is 0 Å². The van der Waals surface area contributed by atoms with Crippen LogP contribution in [-0.2, 0) is 13.1 Å². The summed E-state index contributed by atoms with van der Waals surface area (Å²) in [5.74, 6) is 0.727. The van der Waals surface area contributed by atoms with Gasteiger partial charge in [0.2, 0.25) is 0 Å². The van der Waals surface area contributed by atoms with Crippen molar-refractivity contribution in [1.82, 2.24) is 4.90 Å². The van der Waals surface area contributed by atoms with Gasteiger partial charge in [0.1, 0.15) is 0 Å². The lowest BCUT2D eigenvalue weighted by atomic mass is 9.72. The van der Waals surface area contributed by atoms with Crippen molar-refractivity contribution in [2.24, 2.45) is 11.7 Å². The van der Waals surface area contributed by atoms with Gasteiger partial charge in [-0.2, -0.15) is 0 Å². The lowest BCUT2D eigenvalue weighted by Crippen LogP contribution is -2.57. The lowest BCUT2D eigenvalue weighted by molar-refractivity contribution is 0.00960. The van der Waals surface area contributed by atoms with Gasteiger partial charge in [-0.1, -0.05) is 44.0 Å². The minimum atomic E-state index is 0.247. The molecule has 1 aromatic rings. The van der Waals surface area contributed by atoms with Crippen LogP contribution in [-0.4, -0.2) is 17.0 Å². The topological polar surface area (TPSA) is 29.3 Å². The van der Waals surface area contributed by atoms with E-state index in [0.717, 1.165) is 25.6 Å². The molecule has 0 bridgehead atoms. The van der Waals surface area contributed by atoms with Crippen molar-refractivity contribution in [3.8, 4) is 0 Å². The fourth-order valence-corrected chi connectivity index (χ4v) is 3.95. The molecule has 1 aliphatic carbocycles. The molecule has 0 saturated heterocycles. The normalized spacial score (nSPS) is 32.4. The van der Waals surface area contributed by atoms with E-state index in [0.29, 0.717) is 0 Å². The summed E-state index contributed by atoms with van der Waals surface area (Å²) in [4.78, 5) is 2.65. The molecule has 2 N–H and O–H groups in total. The zero-order valence-electron chi connectivity index (χ0n) is 11.4. The minimum Gasteiger partial charge on any atom is -0.329 e. The maximum atomic E-state index is 6.20. The van der Waals surface area contributed by atoms with Gasteiger partial charge >= 0.3 is 0 Å². The van der Waals surface area contributed by atoms with Gasteiger partial charge in [0.25, 0.3) is 0 Å². The fourth-order valence-electron chi connectivity index (χ4n) is 3.95. The van der Waals surface area contributed by atoms with Gasteiger partial charge < -0.3 is 5.73 Å². The molecule has 0 amide bonds. The van der Waals surface area contributed by atoms with E-state index in [-0.39, 0.29) is 5.54 Å². The highest BCUT2D eigenvalue weighted by molar-refractivity contribution is 5.31. The van der Waals surface area contributed by atoms with Crippen LogP contribution in [0.3, 0.4) is 0 Å². The van der Waals surface area contributed by atoms with Crippen LogP contribution in [0.25, 0.3) is 0 Å². The first-order valence-electron chi connectivity index (χ1n) is 7.28. The van der Waals surface area contributed by atoms with E-state index in [9.17, 15) is 0 Å². The zero-order valence-corrected chi connectivity index (χ0v) is 11.4. The molecule has 3 rings (SSSR count). The highest BCUT2D eigenvalue weighted by Gasteiger charge is 2.43. The maximum absolute atomic E-state index is 6.20. The summed E-state index contributed by atoms with van der Waals surface area (Å²) in [5.41, 5.74) is 9.45. The summed E-state index contributed by atoms with van der Waals surface area (Å²) >= 11 is 0. The van der Waals surface area contributed by atoms with Crippen molar-refractivity contribution in [2.75, 3.05) is 6.54 Å². The van der Waals surface area contributed by atoms with Gasteiger partial charge in [0, 0.05) is 25.2 Å². The molecule has 2 heteroatoms. The monoisotopic (exact) mass is 244 g/mol. The van der Waals surface area contributed by atoms with Gasteiger partial charge in [-0.25, -0.2) is 0 Å². The first-order chi connectivity index (χ1) is 8.76. The molecule has 1 saturated carbocycles. The molecule has 18 heavy (non-hydrogen) atoms. The SMILES string of the molecule is CC1CCCCC1(CN)N1Cc2ccccc2C1. The number of nitrogens with two attached hydrogens (primary N) is 1. The summed E-state index contributed by atoms with van der Waals surface area (Å²) in [6.07, 6.45) is 5.33. The number of hydrogen-bond donors (Lipinski definition) is 1. The van der Waals surface area contributed by atoms with Gasteiger partial charge in [-0.3, -0.25) is 4.90 Å². The van der Waals surface area contributed by atoms with E-state index in [2.05, 4.69) is 36.1 Å². The number of hydrogen-bond acceptors (Lipinski definition) is 2. The van der Waals surface area contributed by atoms with Gasteiger partial charge in [-0.15, -0.1) is 0 Å². The van der Waals surface area contributed by atoms with Crippen LogP contribution >= 0.6 is 0 Å². The fraction of sp³-hybridized carbons (Fsp3) is 0.625. The second-order valence-electron chi connectivity index (χ2n) is 6.08. The summed E-state index contributed by atoms with van der Waals surface area (Å²) < 4.78 is 0. The molecule has 98 valence electrons. The number of benzene rings is 1. The van der Waals surface area contributed by atoms with E-state index in [1.807, 2.05) is 0 Å². The van der Waals surface area contributed by atoms with E-state index in [1.54, 1.807) is 0 Å². The van der Waals surface area contributed by atoms with Crippen LogP contribution in [0.5, 0.6) is 0 Å². The first kappa shape index (κ1) is 12.2. The number of rotatable bonds is 2. The van der Waals surface area contributed by atoms with Crippen LogP contribution in [0.4, 0.5) is 0 Å². The molecule has 1 fully saturated rings. The van der Waals surface area contributed by atoms with Crippen LogP contribution in [0.15, 0.2) is 24.3 Å². The van der Waals surface area contributed by atoms with Crippen molar-refractivity contribution < 1.29 is 0 Å². The van der Waals surface area contributed by atoms with Crippen molar-refractivity contribution >= 4 is 0 Å². The van der Waals surface area contributed by atoms with Gasteiger partial charge in [0.05, 0.1) is 0 Å². The Balaban J connectivity index is 1.87. The van der Waals surface area contributed by atoms with E-state index in [1.165, 1.54) is 36.8 Å². The smallest absolute Gasteiger partial charge is 0.0364 e. The molecule has 0 radical (unpaired) electrons. The molecule has 1 aromatic carbocycles. The molecule has 0 aromatic heterocycles. The predicted octanol–water partition coefficient (Wildman–Crippen LogP) is 2.91. The quantitative estimate of drug-likeness (QED) is 0.866. The standard InChI is InChI=1S/C16H24N2/c1-13-6-4-5-9-16(13,12-17)18-10-14-7-2-3-8-15(14)11-18/h2-3,7-8,13H,4-6,9-12,17H2,1H3. The summed E-state index contributed by atoms with van der Waals surface area (Å²) in [6.45, 7) is 5.40. The van der Waals surface area contributed by atoms with Crippen molar-refractivity contribution in [3.05, 3.63) is 35.4 Å². The van der Waals surface area contributed by atoms with Crippen LogP contribution in [0.1, 0.15) is 43.7 Å². The van der Waals surface area contributed by atoms with Crippen molar-refractivity contribution in [3.63, 3.8) is 0 Å². The Morgan fingerprint density at radius 1 is 1.22 bits per heavy atom. The van der Waals surface area contributed by atoms with Crippen molar-refractivity contribution in [2.45, 2.75) is 51.2 Å². The van der Waals surface area contributed by atoms with E-state index in [4.69, 9.17) is 5.73 Å². The Morgan fingerprint density at radius 2 is 1.89 bits per heavy atom. The number of nitrogens with zero attached hydrogens (tertiary/aromatic N) is 1. The molecule has 1 aliphatic heterocycles. The number of fused-ring (bicyclic) bond motifs is 1. The third kappa shape index (κ3) is 1.79. The molecule has 2 aliphatic rings. The summed E-state index contributed by atoms with van der Waals surface area (Å²) in [7, 11) is 0. The van der Waals surface area contributed by atoms with Crippen molar-refractivity contribution in [1.29, 1.82) is 0 Å². The lowest BCUT2D eigenvalue weighted by Gasteiger charge is -2.48. The minimum absolute atomic E-state index is 0.247. The predicted molar refractivity (Wildman–Crippen MR) is 75.1 cm³/mol. The molecule has 2 nitrogen and oxygen atoms in total. The Bertz CT molecular complexity index is 404. The first-order valence-corrected chi connectivity index (χ1v) is 7.28. The van der Waals surface area contributed by atoms with Gasteiger partial charge in [0.15, 0.2) is 0 Å². The summed E-state index contributed by atoms with van der Waals surface area (Å²) in [6, 6.07) is 8.85. The second kappa shape index (κ2) is 4.67. The molecular formula is C16H24N2. The Morgan fingerprint density at radius 3 is 2.44 bits per heavy atom. The summed E-state index contributed by atoms with van der Waals surface area (Å²) in [5, 5.41) is 0. The Hall–Kier alpha value is -0.860. The van der Waals surface area contributed by atoms with Crippen LogP contribution in [0, 0.1) is 5.92 Å². The molecule has 2 unspecified atom stereocenters. The molecule has 0 spiro atoms. The molecule has 2 atom stereocenters. The third-order valence-corrected chi connectivity index (χ3v) is 5.24. The third-order valence-electron chi connectivity index (χ3n) is 5.24. The second-order valence-corrected chi connectivity index (χ2v) is 6.08. The average Bonchev–Trinajstić information content (AvgIpc) is 2.83. The Labute approximate surface area is 110 Å². The molecular weight excluding hydrogens is 220 g/mol.